The molecule has 0 aliphatic carbocycles. The molecule has 0 radical (unpaired) electrons. The van der Waals surface area contributed by atoms with Gasteiger partial charge in [0.15, 0.2) is 7.38 Å². The highest BCUT2D eigenvalue weighted by Gasteiger charge is 2.32. The first-order valence-electron chi connectivity index (χ1n) is 3.86. The minimum Gasteiger partial charge on any atom is -0.461 e. The van der Waals surface area contributed by atoms with Gasteiger partial charge in [0.25, 0.3) is 0 Å². The van der Waals surface area contributed by atoms with Crippen molar-refractivity contribution in [1.29, 1.82) is 0 Å². The van der Waals surface area contributed by atoms with Gasteiger partial charge in [0.1, 0.15) is 6.61 Å². The van der Waals surface area contributed by atoms with Gasteiger partial charge in [-0.25, -0.2) is 0 Å². The number of hydrogen-bond acceptors (Lipinski definition) is 2. The molecule has 0 saturated carbocycles. The van der Waals surface area contributed by atoms with Crippen molar-refractivity contribution in [3.63, 3.8) is 0 Å². The van der Waals surface area contributed by atoms with Crippen molar-refractivity contribution >= 4 is 24.4 Å². The number of esters is 1. The van der Waals surface area contributed by atoms with Crippen molar-refractivity contribution in [3.05, 3.63) is 12.7 Å². The van der Waals surface area contributed by atoms with E-state index in [4.69, 9.17) is 15.8 Å². The second-order valence-corrected chi connectivity index (χ2v) is 10.1. The number of rotatable bonds is 4. The molecule has 0 bridgehead atoms. The normalized spacial score (nSPS) is 13.7. The third-order valence-electron chi connectivity index (χ3n) is 1.73. The highest BCUT2D eigenvalue weighted by molar-refractivity contribution is 7.20. The quantitative estimate of drug-likeness (QED) is 0.306. The van der Waals surface area contributed by atoms with Crippen molar-refractivity contribution < 1.29 is 9.53 Å². The van der Waals surface area contributed by atoms with E-state index in [2.05, 4.69) is 6.58 Å². The number of carbonyl (C=O) groups is 1. The van der Waals surface area contributed by atoms with Gasteiger partial charge in [-0.15, -0.1) is 0 Å². The molecule has 1 unspecified atom stereocenters. The van der Waals surface area contributed by atoms with Crippen molar-refractivity contribution in [2.45, 2.75) is 25.6 Å². The van der Waals surface area contributed by atoms with E-state index in [-0.39, 0.29) is 18.1 Å². The molecular formula is C8H15ClO2Si. The lowest BCUT2D eigenvalue weighted by atomic mass is 10.5. The number of carbonyl (C=O) groups excluding carboxylic acids is 1. The van der Waals surface area contributed by atoms with Gasteiger partial charge in [0.2, 0.25) is 0 Å². The Morgan fingerprint density at radius 1 is 1.75 bits per heavy atom. The Balaban J connectivity index is 4.02. The molecule has 0 spiro atoms. The molecule has 0 rings (SSSR count). The van der Waals surface area contributed by atoms with Crippen LogP contribution in [0.2, 0.25) is 18.6 Å². The predicted octanol–water partition coefficient (Wildman–Crippen LogP) is 2.55. The van der Waals surface area contributed by atoms with E-state index in [1.165, 1.54) is 0 Å². The molecule has 0 aromatic heterocycles. The van der Waals surface area contributed by atoms with Crippen LogP contribution in [0.1, 0.15) is 6.92 Å². The molecule has 12 heavy (non-hydrogen) atoms. The van der Waals surface area contributed by atoms with Gasteiger partial charge < -0.3 is 4.74 Å². The molecule has 70 valence electrons. The van der Waals surface area contributed by atoms with E-state index >= 15 is 0 Å². The molecule has 0 aliphatic rings. The fraction of sp³-hybridized carbons (Fsp3) is 0.625. The summed E-state index contributed by atoms with van der Waals surface area (Å²) >= 11 is 6.07. The molecule has 0 amide bonds. The van der Waals surface area contributed by atoms with E-state index in [9.17, 15) is 4.79 Å². The summed E-state index contributed by atoms with van der Waals surface area (Å²) in [4.78, 5) is 11.2. The molecule has 0 heterocycles. The topological polar surface area (TPSA) is 26.3 Å². The zero-order chi connectivity index (χ0) is 9.78. The summed E-state index contributed by atoms with van der Waals surface area (Å²) in [6.45, 7) is 9.38. The van der Waals surface area contributed by atoms with Crippen LogP contribution in [0.25, 0.3) is 0 Å². The van der Waals surface area contributed by atoms with E-state index in [1.54, 1.807) is 6.08 Å². The van der Waals surface area contributed by atoms with Gasteiger partial charge in [-0.05, 0) is 0 Å². The van der Waals surface area contributed by atoms with Gasteiger partial charge in [0.05, 0.1) is 5.54 Å². The number of halogens is 1. The van der Waals surface area contributed by atoms with Crippen LogP contribution in [0.4, 0.5) is 0 Å². The molecule has 0 fully saturated rings. The Morgan fingerprint density at radius 2 is 2.25 bits per heavy atom. The predicted molar refractivity (Wildman–Crippen MR) is 53.9 cm³/mol. The Labute approximate surface area is 79.3 Å². The van der Waals surface area contributed by atoms with Crippen molar-refractivity contribution in [2.24, 2.45) is 0 Å². The van der Waals surface area contributed by atoms with Crippen LogP contribution in [0.5, 0.6) is 0 Å². The third-order valence-corrected chi connectivity index (χ3v) is 5.00. The van der Waals surface area contributed by atoms with Crippen LogP contribution in [0.15, 0.2) is 12.7 Å². The average Bonchev–Trinajstić information content (AvgIpc) is 1.97. The minimum absolute atomic E-state index is 0.167. The zero-order valence-corrected chi connectivity index (χ0v) is 9.52. The monoisotopic (exact) mass is 206 g/mol. The van der Waals surface area contributed by atoms with Crippen LogP contribution < -0.4 is 0 Å². The molecule has 0 aliphatic heterocycles. The Kier molecular flexibility index (Phi) is 4.56. The van der Waals surface area contributed by atoms with Crippen molar-refractivity contribution in [1.82, 2.24) is 0 Å². The molecular weight excluding hydrogens is 192 g/mol. The first-order valence-corrected chi connectivity index (χ1v) is 7.95. The summed E-state index contributed by atoms with van der Waals surface area (Å²) < 4.78 is 4.87. The summed E-state index contributed by atoms with van der Waals surface area (Å²) in [6, 6.07) is 0. The fourth-order valence-corrected chi connectivity index (χ4v) is 1.46. The summed E-state index contributed by atoms with van der Waals surface area (Å²) in [7, 11) is -1.91. The lowest BCUT2D eigenvalue weighted by Gasteiger charge is -2.19. The van der Waals surface area contributed by atoms with Gasteiger partial charge >= 0.3 is 5.97 Å². The van der Waals surface area contributed by atoms with E-state index < -0.39 is 7.38 Å². The summed E-state index contributed by atoms with van der Waals surface area (Å²) in [6.07, 6.45) is 1.55. The SMILES string of the molecule is C=CCOC(=O)C(C)[Si](C)(C)Cl. The first kappa shape index (κ1) is 11.7. The van der Waals surface area contributed by atoms with Crippen LogP contribution in [0.3, 0.4) is 0 Å². The minimum atomic E-state index is -1.91. The third kappa shape index (κ3) is 3.92. The van der Waals surface area contributed by atoms with Gasteiger partial charge in [-0.2, -0.15) is 11.1 Å². The second-order valence-electron chi connectivity index (χ2n) is 3.20. The molecule has 0 aromatic carbocycles. The molecule has 0 saturated heterocycles. The Hall–Kier alpha value is -0.283. The maximum atomic E-state index is 11.2. The first-order chi connectivity index (χ1) is 5.39. The van der Waals surface area contributed by atoms with E-state index in [0.717, 1.165) is 0 Å². The van der Waals surface area contributed by atoms with Crippen LogP contribution in [0, 0.1) is 0 Å². The van der Waals surface area contributed by atoms with Crippen molar-refractivity contribution in [3.8, 4) is 0 Å². The van der Waals surface area contributed by atoms with Gasteiger partial charge in [-0.3, -0.25) is 4.79 Å². The lowest BCUT2D eigenvalue weighted by molar-refractivity contribution is -0.142. The van der Waals surface area contributed by atoms with Crippen molar-refractivity contribution in [2.75, 3.05) is 6.61 Å². The van der Waals surface area contributed by atoms with E-state index in [0.29, 0.717) is 0 Å². The van der Waals surface area contributed by atoms with Crippen LogP contribution in [-0.4, -0.2) is 20.0 Å². The lowest BCUT2D eigenvalue weighted by Crippen LogP contribution is -2.30. The maximum absolute atomic E-state index is 11.2. The second kappa shape index (κ2) is 4.67. The summed E-state index contributed by atoms with van der Waals surface area (Å²) in [5, 5.41) is 0. The van der Waals surface area contributed by atoms with Gasteiger partial charge in [0, 0.05) is 0 Å². The standard InChI is InChI=1S/C8H15ClO2Si/c1-5-6-11-8(10)7(2)12(3,4)9/h5,7H,1,6H2,2-4H3. The Morgan fingerprint density at radius 3 is 2.58 bits per heavy atom. The smallest absolute Gasteiger partial charge is 0.307 e. The Bertz CT molecular complexity index is 174. The van der Waals surface area contributed by atoms with Crippen LogP contribution in [-0.2, 0) is 9.53 Å². The summed E-state index contributed by atoms with van der Waals surface area (Å²) in [5.41, 5.74) is -0.167. The maximum Gasteiger partial charge on any atom is 0.307 e. The highest BCUT2D eigenvalue weighted by atomic mass is 35.6. The molecule has 4 heteroatoms. The largest absolute Gasteiger partial charge is 0.461 e. The highest BCUT2D eigenvalue weighted by Crippen LogP contribution is 2.25. The average molecular weight is 207 g/mol. The molecule has 2 nitrogen and oxygen atoms in total. The number of hydrogen-bond donors (Lipinski definition) is 0. The number of ether oxygens (including phenoxy) is 1. The van der Waals surface area contributed by atoms with E-state index in [1.807, 2.05) is 20.0 Å². The van der Waals surface area contributed by atoms with Gasteiger partial charge in [-0.1, -0.05) is 32.7 Å². The molecule has 1 atom stereocenters. The zero-order valence-electron chi connectivity index (χ0n) is 7.76. The summed E-state index contributed by atoms with van der Waals surface area (Å²) in [5.74, 6) is -0.221. The molecule has 0 N–H and O–H groups in total. The fourth-order valence-electron chi connectivity index (χ4n) is 0.546. The van der Waals surface area contributed by atoms with Crippen LogP contribution >= 0.6 is 11.1 Å². The molecule has 0 aromatic rings.